The number of carbonyl (C=O) groups excluding carboxylic acids is 1. The third-order valence-corrected chi connectivity index (χ3v) is 3.92. The summed E-state index contributed by atoms with van der Waals surface area (Å²) in [6.45, 7) is 2.11. The standard InChI is InChI=1S/C19H20N4O4/c1-13-12-18(27-22-13)20-17(24)4-3-11-23-19(25)10-9-16(21-23)14-5-7-15(26-2)8-6-14/h5-10,12H,3-4,11H2,1-2H3,(H,20,24). The van der Waals surface area contributed by atoms with Crippen LogP contribution < -0.4 is 15.6 Å². The molecule has 27 heavy (non-hydrogen) atoms. The van der Waals surface area contributed by atoms with E-state index in [2.05, 4.69) is 15.6 Å². The first kappa shape index (κ1) is 18.4. The summed E-state index contributed by atoms with van der Waals surface area (Å²) in [6, 6.07) is 12.2. The highest BCUT2D eigenvalue weighted by Gasteiger charge is 2.08. The third-order valence-electron chi connectivity index (χ3n) is 3.92. The highest BCUT2D eigenvalue weighted by Crippen LogP contribution is 2.19. The molecule has 1 N–H and O–H groups in total. The van der Waals surface area contributed by atoms with Crippen LogP contribution in [0.1, 0.15) is 18.5 Å². The largest absolute Gasteiger partial charge is 0.497 e. The zero-order chi connectivity index (χ0) is 19.2. The predicted molar refractivity (Wildman–Crippen MR) is 99.6 cm³/mol. The molecule has 0 bridgehead atoms. The fourth-order valence-electron chi connectivity index (χ4n) is 2.54. The molecule has 0 saturated carbocycles. The van der Waals surface area contributed by atoms with Gasteiger partial charge in [0.25, 0.3) is 5.56 Å². The van der Waals surface area contributed by atoms with Crippen molar-refractivity contribution in [3.05, 3.63) is 58.5 Å². The van der Waals surface area contributed by atoms with Gasteiger partial charge in [-0.15, -0.1) is 0 Å². The molecule has 0 fully saturated rings. The Morgan fingerprint density at radius 3 is 2.67 bits per heavy atom. The number of aryl methyl sites for hydroxylation is 2. The van der Waals surface area contributed by atoms with Crippen LogP contribution in [-0.2, 0) is 11.3 Å². The van der Waals surface area contributed by atoms with E-state index in [0.717, 1.165) is 11.3 Å². The number of hydrogen-bond acceptors (Lipinski definition) is 6. The van der Waals surface area contributed by atoms with Gasteiger partial charge in [-0.05, 0) is 43.7 Å². The molecule has 2 heterocycles. The second-order valence-electron chi connectivity index (χ2n) is 5.99. The second-order valence-corrected chi connectivity index (χ2v) is 5.99. The van der Waals surface area contributed by atoms with Crippen molar-refractivity contribution in [2.24, 2.45) is 0 Å². The molecule has 8 heteroatoms. The number of rotatable bonds is 7. The Hall–Kier alpha value is -3.42. The predicted octanol–water partition coefficient (Wildman–Crippen LogP) is 2.63. The molecule has 0 aliphatic rings. The molecule has 2 aromatic heterocycles. The summed E-state index contributed by atoms with van der Waals surface area (Å²) in [6.07, 6.45) is 0.707. The van der Waals surface area contributed by atoms with Gasteiger partial charge < -0.3 is 9.26 Å². The summed E-state index contributed by atoms with van der Waals surface area (Å²) in [4.78, 5) is 24.0. The average Bonchev–Trinajstić information content (AvgIpc) is 3.08. The van der Waals surface area contributed by atoms with Crippen LogP contribution in [0.3, 0.4) is 0 Å². The molecule has 0 unspecified atom stereocenters. The molecule has 0 spiro atoms. The van der Waals surface area contributed by atoms with Crippen molar-refractivity contribution in [3.63, 3.8) is 0 Å². The van der Waals surface area contributed by atoms with Gasteiger partial charge in [0.05, 0.1) is 18.5 Å². The van der Waals surface area contributed by atoms with Gasteiger partial charge in [-0.2, -0.15) is 5.10 Å². The normalized spacial score (nSPS) is 10.6. The molecule has 0 saturated heterocycles. The van der Waals surface area contributed by atoms with Crippen LogP contribution in [0.25, 0.3) is 11.3 Å². The first-order valence-corrected chi connectivity index (χ1v) is 8.51. The second kappa shape index (κ2) is 8.31. The van der Waals surface area contributed by atoms with Crippen LogP contribution >= 0.6 is 0 Å². The molecule has 3 aromatic rings. The van der Waals surface area contributed by atoms with Crippen molar-refractivity contribution in [1.29, 1.82) is 0 Å². The Morgan fingerprint density at radius 1 is 1.22 bits per heavy atom. The van der Waals surface area contributed by atoms with E-state index >= 15 is 0 Å². The first-order valence-electron chi connectivity index (χ1n) is 8.51. The van der Waals surface area contributed by atoms with Gasteiger partial charge in [0, 0.05) is 30.7 Å². The number of amides is 1. The van der Waals surface area contributed by atoms with Gasteiger partial charge >= 0.3 is 0 Å². The van der Waals surface area contributed by atoms with Gasteiger partial charge in [0.2, 0.25) is 11.8 Å². The molecule has 1 amide bonds. The summed E-state index contributed by atoms with van der Waals surface area (Å²) in [5, 5.41) is 10.7. The smallest absolute Gasteiger partial charge is 0.266 e. The van der Waals surface area contributed by atoms with Gasteiger partial charge in [-0.25, -0.2) is 4.68 Å². The minimum absolute atomic E-state index is 0.203. The van der Waals surface area contributed by atoms with E-state index in [1.54, 1.807) is 26.2 Å². The Balaban J connectivity index is 1.61. The number of nitrogens with one attached hydrogen (secondary N) is 1. The van der Waals surface area contributed by atoms with Crippen molar-refractivity contribution in [3.8, 4) is 17.0 Å². The lowest BCUT2D eigenvalue weighted by molar-refractivity contribution is -0.116. The van der Waals surface area contributed by atoms with Gasteiger partial charge in [0.1, 0.15) is 5.75 Å². The van der Waals surface area contributed by atoms with E-state index in [9.17, 15) is 9.59 Å². The number of anilines is 1. The van der Waals surface area contributed by atoms with Crippen LogP contribution in [-0.4, -0.2) is 28.0 Å². The Bertz CT molecular complexity index is 976. The zero-order valence-electron chi connectivity index (χ0n) is 15.1. The maximum absolute atomic E-state index is 12.0. The summed E-state index contributed by atoms with van der Waals surface area (Å²) in [7, 11) is 1.60. The minimum Gasteiger partial charge on any atom is -0.497 e. The molecule has 0 aliphatic heterocycles. The topological polar surface area (TPSA) is 99.2 Å². The van der Waals surface area contributed by atoms with Gasteiger partial charge in [0.15, 0.2) is 0 Å². The summed E-state index contributed by atoms with van der Waals surface area (Å²) in [5.41, 5.74) is 2.04. The van der Waals surface area contributed by atoms with Gasteiger partial charge in [-0.1, -0.05) is 5.16 Å². The Kier molecular flexibility index (Phi) is 5.65. The van der Waals surface area contributed by atoms with E-state index < -0.39 is 0 Å². The molecule has 0 aliphatic carbocycles. The molecule has 0 atom stereocenters. The average molecular weight is 368 g/mol. The van der Waals surface area contributed by atoms with E-state index in [-0.39, 0.29) is 17.9 Å². The summed E-state index contributed by atoms with van der Waals surface area (Å²) >= 11 is 0. The number of carbonyl (C=O) groups is 1. The molecular weight excluding hydrogens is 348 g/mol. The van der Waals surface area contributed by atoms with Crippen molar-refractivity contribution in [1.82, 2.24) is 14.9 Å². The van der Waals surface area contributed by atoms with Crippen molar-refractivity contribution < 1.29 is 14.1 Å². The lowest BCUT2D eigenvalue weighted by atomic mass is 10.1. The SMILES string of the molecule is COc1ccc(-c2ccc(=O)n(CCCC(=O)Nc3cc(C)no3)n2)cc1. The number of methoxy groups -OCH3 is 1. The molecule has 8 nitrogen and oxygen atoms in total. The molecular formula is C19H20N4O4. The van der Waals surface area contributed by atoms with Crippen LogP contribution in [0, 0.1) is 6.92 Å². The number of nitrogens with zero attached hydrogens (tertiary/aromatic N) is 3. The molecule has 1 aromatic carbocycles. The maximum Gasteiger partial charge on any atom is 0.266 e. The van der Waals surface area contributed by atoms with Gasteiger partial charge in [-0.3, -0.25) is 14.9 Å². The number of ether oxygens (including phenoxy) is 1. The zero-order valence-corrected chi connectivity index (χ0v) is 15.1. The molecule has 140 valence electrons. The highest BCUT2D eigenvalue weighted by atomic mass is 16.5. The van der Waals surface area contributed by atoms with Crippen LogP contribution in [0.2, 0.25) is 0 Å². The van der Waals surface area contributed by atoms with Crippen molar-refractivity contribution in [2.75, 3.05) is 12.4 Å². The summed E-state index contributed by atoms with van der Waals surface area (Å²) in [5.74, 6) is 0.861. The monoisotopic (exact) mass is 368 g/mol. The third kappa shape index (κ3) is 4.81. The minimum atomic E-state index is -0.210. The Morgan fingerprint density at radius 2 is 2.00 bits per heavy atom. The van der Waals surface area contributed by atoms with Crippen LogP contribution in [0.4, 0.5) is 5.88 Å². The van der Waals surface area contributed by atoms with E-state index in [1.807, 2.05) is 24.3 Å². The van der Waals surface area contributed by atoms with E-state index in [4.69, 9.17) is 9.26 Å². The number of aromatic nitrogens is 3. The van der Waals surface area contributed by atoms with E-state index in [0.29, 0.717) is 30.2 Å². The lowest BCUT2D eigenvalue weighted by Crippen LogP contribution is -2.23. The quantitative estimate of drug-likeness (QED) is 0.688. The number of benzene rings is 1. The summed E-state index contributed by atoms with van der Waals surface area (Å²) < 4.78 is 11.5. The lowest BCUT2D eigenvalue weighted by Gasteiger charge is -2.08. The van der Waals surface area contributed by atoms with E-state index in [1.165, 1.54) is 10.7 Å². The fourth-order valence-corrected chi connectivity index (χ4v) is 2.54. The van der Waals surface area contributed by atoms with Crippen molar-refractivity contribution >= 4 is 11.8 Å². The molecule has 3 rings (SSSR count). The Labute approximate surface area is 155 Å². The van der Waals surface area contributed by atoms with Crippen LogP contribution in [0.15, 0.2) is 51.8 Å². The van der Waals surface area contributed by atoms with Crippen molar-refractivity contribution in [2.45, 2.75) is 26.3 Å². The fraction of sp³-hybridized carbons (Fsp3) is 0.263. The maximum atomic E-state index is 12.0. The first-order chi connectivity index (χ1) is 13.0. The van der Waals surface area contributed by atoms with Crippen LogP contribution in [0.5, 0.6) is 5.75 Å². The number of hydrogen-bond donors (Lipinski definition) is 1. The highest BCUT2D eigenvalue weighted by molar-refractivity contribution is 5.89. The molecule has 0 radical (unpaired) electrons.